The van der Waals surface area contributed by atoms with E-state index in [9.17, 15) is 9.59 Å². The predicted molar refractivity (Wildman–Crippen MR) is 91.1 cm³/mol. The molecular formula is C17H22N4O3. The molecule has 24 heavy (non-hydrogen) atoms. The number of amides is 2. The van der Waals surface area contributed by atoms with Crippen molar-refractivity contribution in [2.24, 2.45) is 5.92 Å². The van der Waals surface area contributed by atoms with Gasteiger partial charge < -0.3 is 20.0 Å². The fourth-order valence-corrected chi connectivity index (χ4v) is 3.31. The van der Waals surface area contributed by atoms with Crippen molar-refractivity contribution in [2.45, 2.75) is 31.7 Å². The summed E-state index contributed by atoms with van der Waals surface area (Å²) in [5, 5.41) is 5.83. The molecule has 3 N–H and O–H groups in total. The van der Waals surface area contributed by atoms with Crippen LogP contribution in [0.2, 0.25) is 0 Å². The summed E-state index contributed by atoms with van der Waals surface area (Å²) in [6.07, 6.45) is 7.36. The molecule has 2 amide bonds. The Morgan fingerprint density at radius 1 is 1.33 bits per heavy atom. The Bertz CT molecular complexity index is 680. The summed E-state index contributed by atoms with van der Waals surface area (Å²) in [7, 11) is 1.81. The van der Waals surface area contributed by atoms with E-state index < -0.39 is 0 Å². The first-order valence-corrected chi connectivity index (χ1v) is 8.17. The molecule has 3 rings (SSSR count). The van der Waals surface area contributed by atoms with Crippen molar-refractivity contribution in [3.63, 3.8) is 0 Å². The van der Waals surface area contributed by atoms with E-state index in [1.54, 1.807) is 23.5 Å². The first-order valence-electron chi connectivity index (χ1n) is 8.17. The largest absolute Gasteiger partial charge is 0.470 e. The maximum atomic E-state index is 13.3. The van der Waals surface area contributed by atoms with Gasteiger partial charge in [-0.15, -0.1) is 0 Å². The summed E-state index contributed by atoms with van der Waals surface area (Å²) in [6.45, 7) is 0. The number of nitrogens with zero attached hydrogens (tertiary/aromatic N) is 1. The average molecular weight is 330 g/mol. The molecule has 0 saturated heterocycles. The maximum absolute atomic E-state index is 13.3. The maximum Gasteiger partial charge on any atom is 0.237 e. The molecule has 0 aliphatic heterocycles. The molecule has 1 fully saturated rings. The van der Waals surface area contributed by atoms with Crippen molar-refractivity contribution in [2.75, 3.05) is 17.3 Å². The normalized spacial score (nSPS) is 20.4. The second-order valence-corrected chi connectivity index (χ2v) is 5.94. The number of hydrogen-bond donors (Lipinski definition) is 3. The number of furan rings is 1. The van der Waals surface area contributed by atoms with Gasteiger partial charge in [-0.3, -0.25) is 14.5 Å². The fourth-order valence-electron chi connectivity index (χ4n) is 3.31. The van der Waals surface area contributed by atoms with Crippen molar-refractivity contribution in [3.8, 4) is 0 Å². The topological polar surface area (TPSA) is 90.4 Å². The third kappa shape index (κ3) is 3.15. The van der Waals surface area contributed by atoms with Crippen LogP contribution in [0, 0.1) is 5.92 Å². The van der Waals surface area contributed by atoms with E-state index in [4.69, 9.17) is 4.42 Å². The Balaban J connectivity index is 1.92. The number of carbonyl (C=O) groups is 2. The van der Waals surface area contributed by atoms with E-state index in [0.29, 0.717) is 17.9 Å². The summed E-state index contributed by atoms with van der Waals surface area (Å²) in [5.74, 6) is 1.19. The summed E-state index contributed by atoms with van der Waals surface area (Å²) < 4.78 is 5.17. The molecule has 1 aliphatic rings. The van der Waals surface area contributed by atoms with Gasteiger partial charge in [0.15, 0.2) is 0 Å². The lowest BCUT2D eigenvalue weighted by molar-refractivity contribution is -0.123. The summed E-state index contributed by atoms with van der Waals surface area (Å²) in [5.41, 5.74) is 0.667. The van der Waals surface area contributed by atoms with Crippen molar-refractivity contribution < 1.29 is 14.0 Å². The van der Waals surface area contributed by atoms with Crippen LogP contribution in [0.5, 0.6) is 0 Å². The van der Waals surface area contributed by atoms with Crippen molar-refractivity contribution in [3.05, 3.63) is 30.7 Å². The molecule has 2 heterocycles. The van der Waals surface area contributed by atoms with Gasteiger partial charge >= 0.3 is 0 Å². The Morgan fingerprint density at radius 3 is 2.83 bits per heavy atom. The summed E-state index contributed by atoms with van der Waals surface area (Å²) in [6, 6.07) is 5.35. The van der Waals surface area contributed by atoms with Gasteiger partial charge in [0.1, 0.15) is 17.9 Å². The number of aromatic amines is 1. The third-order valence-corrected chi connectivity index (χ3v) is 4.53. The molecule has 7 heteroatoms. The zero-order valence-corrected chi connectivity index (χ0v) is 13.6. The van der Waals surface area contributed by atoms with Crippen LogP contribution >= 0.6 is 0 Å². The van der Waals surface area contributed by atoms with Gasteiger partial charge in [0, 0.05) is 19.2 Å². The second kappa shape index (κ2) is 7.25. The van der Waals surface area contributed by atoms with Gasteiger partial charge in [-0.2, -0.15) is 0 Å². The fraction of sp³-hybridized carbons (Fsp3) is 0.412. The quantitative estimate of drug-likeness (QED) is 0.710. The van der Waals surface area contributed by atoms with Crippen molar-refractivity contribution in [1.82, 2.24) is 10.3 Å². The Labute approximate surface area is 140 Å². The van der Waals surface area contributed by atoms with Gasteiger partial charge in [-0.05, 0) is 25.0 Å². The molecule has 1 saturated carbocycles. The van der Waals surface area contributed by atoms with Crippen LogP contribution in [0.4, 0.5) is 17.3 Å². The molecule has 0 aromatic carbocycles. The van der Waals surface area contributed by atoms with E-state index >= 15 is 0 Å². The first kappa shape index (κ1) is 16.2. The van der Waals surface area contributed by atoms with Crippen molar-refractivity contribution >= 4 is 29.6 Å². The van der Waals surface area contributed by atoms with E-state index in [2.05, 4.69) is 15.6 Å². The standard InChI is InChI=1S/C17H22N4O3/c1-18-15-6-7-16(20-15)21(12-8-9-24-10-12)17(23)13-4-2-3-5-14(13)19-11-22/h6-11,13-14,18,20H,2-5H2,1H3,(H,19,22). The van der Waals surface area contributed by atoms with Crippen LogP contribution in [0.25, 0.3) is 0 Å². The highest BCUT2D eigenvalue weighted by molar-refractivity contribution is 6.01. The number of hydrogen-bond acceptors (Lipinski definition) is 4. The molecule has 2 unspecified atom stereocenters. The van der Waals surface area contributed by atoms with Gasteiger partial charge in [0.2, 0.25) is 12.3 Å². The van der Waals surface area contributed by atoms with Gasteiger partial charge in [-0.1, -0.05) is 12.8 Å². The zero-order valence-electron chi connectivity index (χ0n) is 13.6. The molecule has 0 spiro atoms. The average Bonchev–Trinajstić information content (AvgIpc) is 3.28. The molecule has 1 aliphatic carbocycles. The number of anilines is 3. The van der Waals surface area contributed by atoms with Crippen LogP contribution in [0.15, 0.2) is 35.1 Å². The Hall–Kier alpha value is -2.70. The van der Waals surface area contributed by atoms with Gasteiger partial charge in [0.05, 0.1) is 17.9 Å². The minimum atomic E-state index is -0.250. The van der Waals surface area contributed by atoms with Crippen LogP contribution < -0.4 is 15.5 Å². The van der Waals surface area contributed by atoms with Crippen LogP contribution in [0.3, 0.4) is 0 Å². The van der Waals surface area contributed by atoms with E-state index in [0.717, 1.165) is 31.5 Å². The van der Waals surface area contributed by atoms with Crippen molar-refractivity contribution in [1.29, 1.82) is 0 Å². The molecule has 2 aromatic rings. The summed E-state index contributed by atoms with van der Waals surface area (Å²) in [4.78, 5) is 29.0. The Kier molecular flexibility index (Phi) is 4.88. The van der Waals surface area contributed by atoms with Crippen LogP contribution in [-0.4, -0.2) is 30.4 Å². The molecule has 7 nitrogen and oxygen atoms in total. The third-order valence-electron chi connectivity index (χ3n) is 4.53. The SMILES string of the molecule is CNc1ccc(N(C(=O)C2CCCCC2NC=O)c2ccoc2)[nH]1. The molecule has 128 valence electrons. The molecule has 2 atom stereocenters. The second-order valence-electron chi connectivity index (χ2n) is 5.94. The highest BCUT2D eigenvalue weighted by Gasteiger charge is 2.35. The monoisotopic (exact) mass is 330 g/mol. The minimum Gasteiger partial charge on any atom is -0.470 e. The highest BCUT2D eigenvalue weighted by Crippen LogP contribution is 2.33. The van der Waals surface area contributed by atoms with E-state index in [1.807, 2.05) is 19.2 Å². The smallest absolute Gasteiger partial charge is 0.237 e. The number of nitrogens with one attached hydrogen (secondary N) is 3. The zero-order chi connectivity index (χ0) is 16.9. The Morgan fingerprint density at radius 2 is 2.17 bits per heavy atom. The predicted octanol–water partition coefficient (Wildman–Crippen LogP) is 2.62. The minimum absolute atomic E-state index is 0.0417. The van der Waals surface area contributed by atoms with Gasteiger partial charge in [0.25, 0.3) is 0 Å². The van der Waals surface area contributed by atoms with Crippen LogP contribution in [0.1, 0.15) is 25.7 Å². The molecule has 2 aromatic heterocycles. The van der Waals surface area contributed by atoms with Gasteiger partial charge in [-0.25, -0.2) is 0 Å². The lowest BCUT2D eigenvalue weighted by Crippen LogP contribution is -2.46. The molecular weight excluding hydrogens is 308 g/mol. The number of aromatic nitrogens is 1. The lowest BCUT2D eigenvalue weighted by Gasteiger charge is -2.33. The number of carbonyl (C=O) groups excluding carboxylic acids is 2. The number of H-pyrrole nitrogens is 1. The summed E-state index contributed by atoms with van der Waals surface area (Å²) >= 11 is 0. The lowest BCUT2D eigenvalue weighted by atomic mass is 9.83. The van der Waals surface area contributed by atoms with E-state index in [1.165, 1.54) is 0 Å². The molecule has 0 bridgehead atoms. The highest BCUT2D eigenvalue weighted by atomic mass is 16.3. The number of rotatable bonds is 6. The molecule has 0 radical (unpaired) electrons. The first-order chi connectivity index (χ1) is 11.7. The van der Waals surface area contributed by atoms with Crippen LogP contribution in [-0.2, 0) is 9.59 Å². The van der Waals surface area contributed by atoms with E-state index in [-0.39, 0.29) is 17.9 Å².